The molecule has 0 aromatic heterocycles. The van der Waals surface area contributed by atoms with Crippen LogP contribution in [0.2, 0.25) is 0 Å². The van der Waals surface area contributed by atoms with Crippen molar-refractivity contribution in [2.75, 3.05) is 13.2 Å². The fraction of sp³-hybridized carbons (Fsp3) is 0.917. The van der Waals surface area contributed by atoms with Crippen LogP contribution in [-0.2, 0) is 9.53 Å². The van der Waals surface area contributed by atoms with Gasteiger partial charge in [0.05, 0.1) is 0 Å². The number of Topliss-reactive ketones (excluding diaryl/α,β-unsaturated/α-hetero) is 1. The fourth-order valence-electron chi connectivity index (χ4n) is 1.24. The molecule has 0 aromatic carbocycles. The van der Waals surface area contributed by atoms with E-state index in [-0.39, 0.29) is 0 Å². The lowest BCUT2D eigenvalue weighted by atomic mass is 10.1. The van der Waals surface area contributed by atoms with Crippen molar-refractivity contribution in [3.63, 3.8) is 0 Å². The molecule has 84 valence electrons. The Morgan fingerprint density at radius 3 is 2.43 bits per heavy atom. The Morgan fingerprint density at radius 1 is 1.21 bits per heavy atom. The maximum Gasteiger partial charge on any atom is 0.132 e. The van der Waals surface area contributed by atoms with Crippen LogP contribution in [0.5, 0.6) is 0 Å². The third kappa shape index (κ3) is 9.72. The second-order valence-corrected chi connectivity index (χ2v) is 4.14. The van der Waals surface area contributed by atoms with Crippen molar-refractivity contribution in [2.45, 2.75) is 52.9 Å². The molecule has 0 unspecified atom stereocenters. The van der Waals surface area contributed by atoms with Gasteiger partial charge in [-0.3, -0.25) is 4.79 Å². The molecule has 0 fully saturated rings. The minimum atomic E-state index is 0.343. The lowest BCUT2D eigenvalue weighted by Crippen LogP contribution is -2.02. The fourth-order valence-corrected chi connectivity index (χ4v) is 1.24. The first-order chi connectivity index (χ1) is 6.66. The van der Waals surface area contributed by atoms with Gasteiger partial charge in [-0.1, -0.05) is 20.8 Å². The highest BCUT2D eigenvalue weighted by Crippen LogP contribution is 2.03. The molecule has 0 amide bonds. The molecule has 2 nitrogen and oxygen atoms in total. The van der Waals surface area contributed by atoms with Crippen LogP contribution in [0.3, 0.4) is 0 Å². The van der Waals surface area contributed by atoms with Crippen LogP contribution in [-0.4, -0.2) is 19.0 Å². The SMILES string of the molecule is CCC(=O)CCCOCCCC(C)C. The molecule has 0 N–H and O–H groups in total. The first-order valence-corrected chi connectivity index (χ1v) is 5.76. The van der Waals surface area contributed by atoms with Gasteiger partial charge in [-0.15, -0.1) is 0 Å². The van der Waals surface area contributed by atoms with Gasteiger partial charge in [-0.2, -0.15) is 0 Å². The number of ketones is 1. The average Bonchev–Trinajstić information content (AvgIpc) is 2.15. The summed E-state index contributed by atoms with van der Waals surface area (Å²) in [5, 5.41) is 0. The van der Waals surface area contributed by atoms with E-state index >= 15 is 0 Å². The smallest absolute Gasteiger partial charge is 0.132 e. The van der Waals surface area contributed by atoms with Crippen LogP contribution in [0.25, 0.3) is 0 Å². The second kappa shape index (κ2) is 9.20. The Labute approximate surface area is 88.0 Å². The Morgan fingerprint density at radius 2 is 1.86 bits per heavy atom. The van der Waals surface area contributed by atoms with E-state index in [9.17, 15) is 4.79 Å². The van der Waals surface area contributed by atoms with Gasteiger partial charge in [-0.25, -0.2) is 0 Å². The highest BCUT2D eigenvalue weighted by molar-refractivity contribution is 5.77. The van der Waals surface area contributed by atoms with E-state index in [1.54, 1.807) is 0 Å². The monoisotopic (exact) mass is 200 g/mol. The quantitative estimate of drug-likeness (QED) is 0.534. The lowest BCUT2D eigenvalue weighted by molar-refractivity contribution is -0.119. The molecular weight excluding hydrogens is 176 g/mol. The number of rotatable bonds is 9. The summed E-state index contributed by atoms with van der Waals surface area (Å²) in [6, 6.07) is 0. The molecule has 2 heteroatoms. The Kier molecular flexibility index (Phi) is 8.95. The molecule has 0 aliphatic rings. The van der Waals surface area contributed by atoms with Crippen molar-refractivity contribution in [1.82, 2.24) is 0 Å². The number of hydrogen-bond acceptors (Lipinski definition) is 2. The third-order valence-electron chi connectivity index (χ3n) is 2.21. The zero-order chi connectivity index (χ0) is 10.8. The summed E-state index contributed by atoms with van der Waals surface area (Å²) in [7, 11) is 0. The van der Waals surface area contributed by atoms with Crippen molar-refractivity contribution in [2.24, 2.45) is 5.92 Å². The highest BCUT2D eigenvalue weighted by atomic mass is 16.5. The van der Waals surface area contributed by atoms with Crippen molar-refractivity contribution >= 4 is 5.78 Å². The topological polar surface area (TPSA) is 26.3 Å². The Balaban J connectivity index is 3.03. The first-order valence-electron chi connectivity index (χ1n) is 5.76. The highest BCUT2D eigenvalue weighted by Gasteiger charge is 1.98. The van der Waals surface area contributed by atoms with Crippen LogP contribution in [0.4, 0.5) is 0 Å². The minimum absolute atomic E-state index is 0.343. The molecule has 0 saturated carbocycles. The molecule has 0 aliphatic heterocycles. The van der Waals surface area contributed by atoms with Crippen LogP contribution >= 0.6 is 0 Å². The maximum atomic E-state index is 10.9. The average molecular weight is 200 g/mol. The summed E-state index contributed by atoms with van der Waals surface area (Å²) in [4.78, 5) is 10.9. The van der Waals surface area contributed by atoms with Crippen molar-refractivity contribution < 1.29 is 9.53 Å². The van der Waals surface area contributed by atoms with Crippen molar-refractivity contribution in [3.05, 3.63) is 0 Å². The Bertz CT molecular complexity index is 141. The molecule has 0 spiro atoms. The predicted octanol–water partition coefficient (Wildman–Crippen LogP) is 3.20. The normalized spacial score (nSPS) is 10.9. The van der Waals surface area contributed by atoms with E-state index in [4.69, 9.17) is 4.74 Å². The van der Waals surface area contributed by atoms with E-state index in [1.165, 1.54) is 6.42 Å². The van der Waals surface area contributed by atoms with Crippen molar-refractivity contribution in [3.8, 4) is 0 Å². The van der Waals surface area contributed by atoms with Gasteiger partial charge < -0.3 is 4.74 Å². The van der Waals surface area contributed by atoms with E-state index < -0.39 is 0 Å². The van der Waals surface area contributed by atoms with Gasteiger partial charge in [0.2, 0.25) is 0 Å². The molecule has 0 aliphatic carbocycles. The van der Waals surface area contributed by atoms with Crippen molar-refractivity contribution in [1.29, 1.82) is 0 Å². The zero-order valence-corrected chi connectivity index (χ0v) is 9.84. The number of carbonyl (C=O) groups excluding carboxylic acids is 1. The van der Waals surface area contributed by atoms with Crippen LogP contribution < -0.4 is 0 Å². The van der Waals surface area contributed by atoms with Gasteiger partial charge in [0, 0.05) is 26.1 Å². The third-order valence-corrected chi connectivity index (χ3v) is 2.21. The van der Waals surface area contributed by atoms with Crippen LogP contribution in [0.15, 0.2) is 0 Å². The summed E-state index contributed by atoms with van der Waals surface area (Å²) in [6.45, 7) is 7.94. The van der Waals surface area contributed by atoms with Gasteiger partial charge in [0.1, 0.15) is 5.78 Å². The molecule has 0 atom stereocenters. The first kappa shape index (κ1) is 13.6. The standard InChI is InChI=1S/C12H24O2/c1-4-12(13)8-6-10-14-9-5-7-11(2)3/h11H,4-10H2,1-3H3. The molecule has 0 bridgehead atoms. The maximum absolute atomic E-state index is 10.9. The summed E-state index contributed by atoms with van der Waals surface area (Å²) >= 11 is 0. The number of carbonyl (C=O) groups is 1. The number of hydrogen-bond donors (Lipinski definition) is 0. The van der Waals surface area contributed by atoms with Gasteiger partial charge >= 0.3 is 0 Å². The Hall–Kier alpha value is -0.370. The second-order valence-electron chi connectivity index (χ2n) is 4.14. The summed E-state index contributed by atoms with van der Waals surface area (Å²) < 4.78 is 5.43. The van der Waals surface area contributed by atoms with E-state index in [0.29, 0.717) is 18.6 Å². The molecule has 14 heavy (non-hydrogen) atoms. The predicted molar refractivity (Wildman–Crippen MR) is 59.4 cm³/mol. The molecule has 0 heterocycles. The largest absolute Gasteiger partial charge is 0.381 e. The molecule has 0 aromatic rings. The van der Waals surface area contributed by atoms with E-state index in [2.05, 4.69) is 13.8 Å². The summed E-state index contributed by atoms with van der Waals surface area (Å²) in [6.07, 6.45) is 4.59. The molecule has 0 saturated heterocycles. The van der Waals surface area contributed by atoms with E-state index in [0.717, 1.165) is 32.0 Å². The van der Waals surface area contributed by atoms with Crippen LogP contribution in [0, 0.1) is 5.92 Å². The van der Waals surface area contributed by atoms with Gasteiger partial charge in [0.15, 0.2) is 0 Å². The molecule has 0 radical (unpaired) electrons. The van der Waals surface area contributed by atoms with Gasteiger partial charge in [0.25, 0.3) is 0 Å². The van der Waals surface area contributed by atoms with Crippen LogP contribution in [0.1, 0.15) is 52.9 Å². The number of ether oxygens (including phenoxy) is 1. The molecular formula is C12H24O2. The minimum Gasteiger partial charge on any atom is -0.381 e. The lowest BCUT2D eigenvalue weighted by Gasteiger charge is -2.05. The van der Waals surface area contributed by atoms with Gasteiger partial charge in [-0.05, 0) is 25.2 Å². The summed E-state index contributed by atoms with van der Waals surface area (Å²) in [5.41, 5.74) is 0. The molecule has 0 rings (SSSR count). The van der Waals surface area contributed by atoms with E-state index in [1.807, 2.05) is 6.92 Å². The zero-order valence-electron chi connectivity index (χ0n) is 9.84. The summed E-state index contributed by atoms with van der Waals surface area (Å²) in [5.74, 6) is 1.11.